The molecule has 258 valence electrons. The Morgan fingerprint density at radius 3 is 1.91 bits per heavy atom. The van der Waals surface area contributed by atoms with Crippen LogP contribution in [-0.2, 0) is 5.41 Å². The molecule has 0 saturated heterocycles. The van der Waals surface area contributed by atoms with Gasteiger partial charge in [-0.25, -0.2) is 9.97 Å². The Morgan fingerprint density at radius 2 is 1.05 bits per heavy atom. The highest BCUT2D eigenvalue weighted by molar-refractivity contribution is 7.26. The molecule has 11 rings (SSSR count). The van der Waals surface area contributed by atoms with Gasteiger partial charge >= 0.3 is 0 Å². The maximum atomic E-state index is 5.33. The van der Waals surface area contributed by atoms with Gasteiger partial charge in [0.05, 0.1) is 11.4 Å². The van der Waals surface area contributed by atoms with Gasteiger partial charge in [0.2, 0.25) is 0 Å². The molecule has 55 heavy (non-hydrogen) atoms. The van der Waals surface area contributed by atoms with Crippen LogP contribution < -0.4 is 0 Å². The lowest BCUT2D eigenvalue weighted by molar-refractivity contribution is 0.714. The Morgan fingerprint density at radius 1 is 0.436 bits per heavy atom. The molecule has 10 aromatic rings. The predicted molar refractivity (Wildman–Crippen MR) is 232 cm³/mol. The van der Waals surface area contributed by atoms with Gasteiger partial charge in [0.1, 0.15) is 0 Å². The summed E-state index contributed by atoms with van der Waals surface area (Å²) in [6.07, 6.45) is 0. The fourth-order valence-electron chi connectivity index (χ4n) is 8.84. The van der Waals surface area contributed by atoms with Crippen molar-refractivity contribution in [2.45, 2.75) is 12.3 Å². The Hall–Kier alpha value is -6.68. The lowest BCUT2D eigenvalue weighted by atomic mass is 9.74. The Kier molecular flexibility index (Phi) is 7.20. The van der Waals surface area contributed by atoms with E-state index in [2.05, 4.69) is 189 Å². The molecule has 3 heteroatoms. The third kappa shape index (κ3) is 5.01. The average molecular weight is 719 g/mol. The fourth-order valence-corrected chi connectivity index (χ4v) is 10.1. The molecule has 0 N–H and O–H groups in total. The van der Waals surface area contributed by atoms with Gasteiger partial charge in [0.25, 0.3) is 0 Å². The Balaban J connectivity index is 1.10. The van der Waals surface area contributed by atoms with E-state index >= 15 is 0 Å². The van der Waals surface area contributed by atoms with Gasteiger partial charge in [-0.15, -0.1) is 11.3 Å². The predicted octanol–water partition coefficient (Wildman–Crippen LogP) is 14.0. The molecule has 2 heterocycles. The van der Waals surface area contributed by atoms with Crippen LogP contribution in [0.4, 0.5) is 0 Å². The maximum Gasteiger partial charge on any atom is 0.160 e. The first-order valence-electron chi connectivity index (χ1n) is 18.8. The Bertz CT molecular complexity index is 3110. The van der Waals surface area contributed by atoms with Crippen molar-refractivity contribution in [3.05, 3.63) is 205 Å². The molecule has 0 radical (unpaired) electrons. The molecular formula is C52H34N2S. The van der Waals surface area contributed by atoms with Crippen molar-refractivity contribution in [1.29, 1.82) is 0 Å². The summed E-state index contributed by atoms with van der Waals surface area (Å²) < 4.78 is 2.61. The van der Waals surface area contributed by atoms with Crippen molar-refractivity contribution in [3.8, 4) is 56.2 Å². The number of rotatable bonds is 5. The van der Waals surface area contributed by atoms with Crippen LogP contribution in [0.25, 0.3) is 87.1 Å². The lowest BCUT2D eigenvalue weighted by Gasteiger charge is -2.28. The summed E-state index contributed by atoms with van der Waals surface area (Å²) >= 11 is 1.88. The zero-order valence-corrected chi connectivity index (χ0v) is 31.0. The monoisotopic (exact) mass is 718 g/mol. The number of thiophene rings is 1. The van der Waals surface area contributed by atoms with E-state index in [1.54, 1.807) is 0 Å². The average Bonchev–Trinajstić information content (AvgIpc) is 3.76. The highest BCUT2D eigenvalue weighted by atomic mass is 32.1. The highest BCUT2D eigenvalue weighted by Crippen LogP contribution is 2.55. The molecule has 1 unspecified atom stereocenters. The number of fused-ring (bicyclic) bond motifs is 7. The van der Waals surface area contributed by atoms with Crippen molar-refractivity contribution in [2.75, 3.05) is 0 Å². The van der Waals surface area contributed by atoms with Crippen LogP contribution >= 0.6 is 11.3 Å². The van der Waals surface area contributed by atoms with E-state index in [0.29, 0.717) is 5.82 Å². The summed E-state index contributed by atoms with van der Waals surface area (Å²) in [7, 11) is 0. The van der Waals surface area contributed by atoms with Crippen molar-refractivity contribution >= 4 is 42.3 Å². The van der Waals surface area contributed by atoms with Gasteiger partial charge in [-0.2, -0.15) is 0 Å². The van der Waals surface area contributed by atoms with Crippen molar-refractivity contribution in [2.24, 2.45) is 0 Å². The molecule has 2 nitrogen and oxygen atoms in total. The third-order valence-electron chi connectivity index (χ3n) is 11.6. The van der Waals surface area contributed by atoms with E-state index in [1.807, 2.05) is 17.4 Å². The van der Waals surface area contributed by atoms with Crippen LogP contribution in [0.15, 0.2) is 188 Å². The molecule has 0 saturated carbocycles. The van der Waals surface area contributed by atoms with Gasteiger partial charge in [-0.05, 0) is 80.9 Å². The highest BCUT2D eigenvalue weighted by Gasteiger charge is 2.41. The largest absolute Gasteiger partial charge is 0.228 e. The molecule has 0 amide bonds. The summed E-state index contributed by atoms with van der Waals surface area (Å²) in [6.45, 7) is 2.36. The second-order valence-corrected chi connectivity index (χ2v) is 15.7. The lowest BCUT2D eigenvalue weighted by Crippen LogP contribution is -2.22. The first kappa shape index (κ1) is 31.8. The number of aromatic nitrogens is 2. The van der Waals surface area contributed by atoms with Gasteiger partial charge in [0, 0.05) is 42.3 Å². The molecular weight excluding hydrogens is 685 g/mol. The summed E-state index contributed by atoms with van der Waals surface area (Å²) in [5.41, 5.74) is 13.5. The van der Waals surface area contributed by atoms with E-state index in [-0.39, 0.29) is 5.41 Å². The number of nitrogens with zero attached hydrogens (tertiary/aromatic N) is 2. The molecule has 0 bridgehead atoms. The van der Waals surface area contributed by atoms with Gasteiger partial charge in [0.15, 0.2) is 5.82 Å². The molecule has 1 aliphatic carbocycles. The van der Waals surface area contributed by atoms with Crippen LogP contribution in [0.5, 0.6) is 0 Å². The van der Waals surface area contributed by atoms with Crippen LogP contribution in [0, 0.1) is 0 Å². The smallest absolute Gasteiger partial charge is 0.160 e. The van der Waals surface area contributed by atoms with E-state index in [0.717, 1.165) is 28.1 Å². The van der Waals surface area contributed by atoms with E-state index < -0.39 is 0 Å². The molecule has 2 aromatic heterocycles. The minimum atomic E-state index is -0.296. The SMILES string of the molecule is CC1(c2ccccc2)c2ccccc2-c2c(-c3cc(-c4cccc(-c5cccc6c5sc5cc7ccccc7cc56)c4)nc(-c4ccccc4)n3)cccc21. The van der Waals surface area contributed by atoms with Crippen LogP contribution in [0.3, 0.4) is 0 Å². The van der Waals surface area contributed by atoms with Gasteiger partial charge < -0.3 is 0 Å². The van der Waals surface area contributed by atoms with Crippen LogP contribution in [0.2, 0.25) is 0 Å². The first-order valence-corrected chi connectivity index (χ1v) is 19.6. The minimum absolute atomic E-state index is 0.296. The number of hydrogen-bond acceptors (Lipinski definition) is 3. The summed E-state index contributed by atoms with van der Waals surface area (Å²) in [6, 6.07) is 67.9. The normalized spacial score (nSPS) is 14.7. The molecule has 0 spiro atoms. The van der Waals surface area contributed by atoms with E-state index in [9.17, 15) is 0 Å². The molecule has 0 fully saturated rings. The second-order valence-electron chi connectivity index (χ2n) is 14.7. The zero-order valence-electron chi connectivity index (χ0n) is 30.2. The van der Waals surface area contributed by atoms with Crippen molar-refractivity contribution in [3.63, 3.8) is 0 Å². The van der Waals surface area contributed by atoms with Gasteiger partial charge in [-0.3, -0.25) is 0 Å². The van der Waals surface area contributed by atoms with Gasteiger partial charge in [-0.1, -0.05) is 164 Å². The zero-order chi connectivity index (χ0) is 36.5. The topological polar surface area (TPSA) is 25.8 Å². The molecule has 8 aromatic carbocycles. The van der Waals surface area contributed by atoms with Crippen LogP contribution in [0.1, 0.15) is 23.6 Å². The first-order chi connectivity index (χ1) is 27.1. The number of hydrogen-bond donors (Lipinski definition) is 0. The van der Waals surface area contributed by atoms with Crippen LogP contribution in [-0.4, -0.2) is 9.97 Å². The fraction of sp³-hybridized carbons (Fsp3) is 0.0385. The minimum Gasteiger partial charge on any atom is -0.228 e. The maximum absolute atomic E-state index is 5.33. The molecule has 0 aliphatic heterocycles. The third-order valence-corrected chi connectivity index (χ3v) is 12.8. The summed E-state index contributed by atoms with van der Waals surface area (Å²) in [5.74, 6) is 0.715. The standard InChI is InChI=1S/C52H34N2S/c1-52(38-21-6-3-7-22-38)44-27-11-10-23-41(44)49-42(26-14-28-45(49)52)47-32-46(53-51(54-47)33-15-4-2-5-16-33)37-20-12-19-36(29-37)39-24-13-25-40-43-30-34-17-8-9-18-35(34)31-48(43)55-50(39)40/h2-32H,1H3. The Labute approximate surface area is 324 Å². The van der Waals surface area contributed by atoms with Crippen molar-refractivity contribution in [1.82, 2.24) is 9.97 Å². The summed E-state index contributed by atoms with van der Waals surface area (Å²) in [5, 5.41) is 5.15. The number of benzene rings is 8. The quantitative estimate of drug-likeness (QED) is 0.177. The molecule has 1 aliphatic rings. The summed E-state index contributed by atoms with van der Waals surface area (Å²) in [4.78, 5) is 10.6. The van der Waals surface area contributed by atoms with E-state index in [4.69, 9.17) is 9.97 Å². The van der Waals surface area contributed by atoms with E-state index in [1.165, 1.54) is 69.9 Å². The van der Waals surface area contributed by atoms with Crippen molar-refractivity contribution < 1.29 is 0 Å². The molecule has 1 atom stereocenters. The second kappa shape index (κ2) is 12.4.